The van der Waals surface area contributed by atoms with Crippen molar-refractivity contribution < 1.29 is 33.4 Å². The van der Waals surface area contributed by atoms with Crippen LogP contribution in [0, 0.1) is 0 Å². The summed E-state index contributed by atoms with van der Waals surface area (Å²) in [5.74, 6) is -1.01. The van der Waals surface area contributed by atoms with Crippen LogP contribution in [0.3, 0.4) is 0 Å². The zero-order chi connectivity index (χ0) is 23.1. The maximum atomic E-state index is 12.1. The molecule has 30 heavy (non-hydrogen) atoms. The molecule has 0 heterocycles. The number of carbonyl (C=O) groups excluding carboxylic acids is 4. The number of rotatable bonds is 3. The van der Waals surface area contributed by atoms with Crippen molar-refractivity contribution in [1.29, 1.82) is 0 Å². The predicted molar refractivity (Wildman–Crippen MR) is 109 cm³/mol. The van der Waals surface area contributed by atoms with Gasteiger partial charge in [0.05, 0.1) is 18.4 Å². The third-order valence-electron chi connectivity index (χ3n) is 2.98. The van der Waals surface area contributed by atoms with Gasteiger partial charge in [0.25, 0.3) is 0 Å². The number of hydrogen-bond acceptors (Lipinski definition) is 8. The number of methoxy groups -OCH3 is 1. The SMILES string of the molecule is COC(=O)c1cc(C=O)cc(N=C(NC(=O)OC(C)(C)C)NC(=O)OC(C)(C)C)c1. The van der Waals surface area contributed by atoms with Crippen LogP contribution in [0.25, 0.3) is 0 Å². The maximum Gasteiger partial charge on any atom is 0.414 e. The van der Waals surface area contributed by atoms with Crippen molar-refractivity contribution in [2.75, 3.05) is 7.11 Å². The highest BCUT2D eigenvalue weighted by Gasteiger charge is 2.21. The van der Waals surface area contributed by atoms with Crippen molar-refractivity contribution in [3.63, 3.8) is 0 Å². The molecule has 0 fully saturated rings. The molecule has 2 amide bonds. The van der Waals surface area contributed by atoms with Crippen LogP contribution in [0.1, 0.15) is 62.3 Å². The molecule has 0 unspecified atom stereocenters. The molecule has 1 aromatic carbocycles. The van der Waals surface area contributed by atoms with E-state index in [1.165, 1.54) is 25.3 Å². The standard InChI is InChI=1S/C20H27N3O7/c1-19(2,3)29-17(26)22-16(23-18(27)30-20(4,5)6)21-14-9-12(11-24)8-13(10-14)15(25)28-7/h8-11H,1-7H3,(H2,21,22,23,26,27). The number of carbonyl (C=O) groups is 4. The molecule has 10 heteroatoms. The number of nitrogens with one attached hydrogen (secondary N) is 2. The van der Waals surface area contributed by atoms with E-state index in [1.807, 2.05) is 0 Å². The van der Waals surface area contributed by atoms with Crippen molar-refractivity contribution in [3.8, 4) is 0 Å². The minimum absolute atomic E-state index is 0.0646. The van der Waals surface area contributed by atoms with E-state index in [1.54, 1.807) is 41.5 Å². The molecule has 0 radical (unpaired) electrons. The first-order chi connectivity index (χ1) is 13.7. The lowest BCUT2D eigenvalue weighted by molar-refractivity contribution is 0.0541. The van der Waals surface area contributed by atoms with E-state index in [0.717, 1.165) is 0 Å². The molecule has 0 aliphatic carbocycles. The third-order valence-corrected chi connectivity index (χ3v) is 2.98. The average molecular weight is 421 g/mol. The van der Waals surface area contributed by atoms with Crippen molar-refractivity contribution >= 4 is 36.1 Å². The number of aliphatic imine (C=N–C) groups is 1. The largest absolute Gasteiger partial charge is 0.465 e. The van der Waals surface area contributed by atoms with Gasteiger partial charge in [0.15, 0.2) is 0 Å². The summed E-state index contributed by atoms with van der Waals surface area (Å²) in [4.78, 5) is 51.4. The molecule has 0 aromatic heterocycles. The number of hydrogen-bond donors (Lipinski definition) is 2. The zero-order valence-electron chi connectivity index (χ0n) is 18.1. The minimum Gasteiger partial charge on any atom is -0.465 e. The second-order valence-electron chi connectivity index (χ2n) is 8.14. The van der Waals surface area contributed by atoms with Gasteiger partial charge in [0, 0.05) is 5.56 Å². The van der Waals surface area contributed by atoms with Crippen LogP contribution in [0.5, 0.6) is 0 Å². The van der Waals surface area contributed by atoms with E-state index in [2.05, 4.69) is 20.4 Å². The topological polar surface area (TPSA) is 132 Å². The van der Waals surface area contributed by atoms with Gasteiger partial charge in [-0.25, -0.2) is 19.4 Å². The molecule has 10 nitrogen and oxygen atoms in total. The molecule has 0 aliphatic heterocycles. The normalized spacial score (nSPS) is 11.0. The third kappa shape index (κ3) is 9.18. The number of amides is 2. The van der Waals surface area contributed by atoms with Crippen molar-refractivity contribution in [2.45, 2.75) is 52.7 Å². The van der Waals surface area contributed by atoms with Gasteiger partial charge in [-0.15, -0.1) is 0 Å². The van der Waals surface area contributed by atoms with Crippen molar-refractivity contribution in [3.05, 3.63) is 29.3 Å². The number of aldehydes is 1. The summed E-state index contributed by atoms with van der Waals surface area (Å²) >= 11 is 0. The Hall–Kier alpha value is -3.43. The molecule has 0 aliphatic rings. The quantitative estimate of drug-likeness (QED) is 0.251. The van der Waals surface area contributed by atoms with Gasteiger partial charge in [-0.3, -0.25) is 15.4 Å². The fourth-order valence-electron chi connectivity index (χ4n) is 2.02. The number of benzene rings is 1. The van der Waals surface area contributed by atoms with Gasteiger partial charge in [0.1, 0.15) is 17.5 Å². The fourth-order valence-corrected chi connectivity index (χ4v) is 2.02. The highest BCUT2D eigenvalue weighted by Crippen LogP contribution is 2.18. The molecule has 0 saturated carbocycles. The average Bonchev–Trinajstić information content (AvgIpc) is 2.56. The van der Waals surface area contributed by atoms with E-state index >= 15 is 0 Å². The minimum atomic E-state index is -0.878. The number of guanidine groups is 1. The summed E-state index contributed by atoms with van der Waals surface area (Å²) < 4.78 is 15.0. The smallest absolute Gasteiger partial charge is 0.414 e. The monoisotopic (exact) mass is 421 g/mol. The van der Waals surface area contributed by atoms with Gasteiger partial charge in [0.2, 0.25) is 5.96 Å². The number of nitrogens with zero attached hydrogens (tertiary/aromatic N) is 1. The van der Waals surface area contributed by atoms with E-state index in [4.69, 9.17) is 9.47 Å². The van der Waals surface area contributed by atoms with Crippen LogP contribution in [-0.2, 0) is 14.2 Å². The summed E-state index contributed by atoms with van der Waals surface area (Å²) in [6.07, 6.45) is -1.23. The summed E-state index contributed by atoms with van der Waals surface area (Å²) in [6, 6.07) is 4.00. The van der Waals surface area contributed by atoms with Crippen LogP contribution < -0.4 is 10.6 Å². The molecule has 0 atom stereocenters. The lowest BCUT2D eigenvalue weighted by Gasteiger charge is -2.22. The Balaban J connectivity index is 3.29. The Kier molecular flexibility index (Phi) is 8.09. The molecule has 0 saturated heterocycles. The van der Waals surface area contributed by atoms with Crippen LogP contribution in [0.15, 0.2) is 23.2 Å². The summed E-state index contributed by atoms with van der Waals surface area (Å²) in [5, 5.41) is 4.62. The Labute approximate surface area is 175 Å². The molecular formula is C20H27N3O7. The Morgan fingerprint density at radius 2 is 1.40 bits per heavy atom. The molecule has 0 spiro atoms. The summed E-state index contributed by atoms with van der Waals surface area (Å²) in [6.45, 7) is 10.0. The molecule has 2 N–H and O–H groups in total. The first-order valence-corrected chi connectivity index (χ1v) is 8.99. The van der Waals surface area contributed by atoms with Crippen LogP contribution in [0.4, 0.5) is 15.3 Å². The van der Waals surface area contributed by atoms with E-state index < -0.39 is 29.4 Å². The Morgan fingerprint density at radius 3 is 1.80 bits per heavy atom. The Morgan fingerprint density at radius 1 is 0.900 bits per heavy atom. The van der Waals surface area contributed by atoms with Crippen LogP contribution >= 0.6 is 0 Å². The van der Waals surface area contributed by atoms with Crippen LogP contribution in [0.2, 0.25) is 0 Å². The van der Waals surface area contributed by atoms with E-state index in [0.29, 0.717) is 6.29 Å². The van der Waals surface area contributed by atoms with Gasteiger partial charge in [-0.05, 0) is 59.7 Å². The lowest BCUT2D eigenvalue weighted by atomic mass is 10.1. The van der Waals surface area contributed by atoms with Gasteiger partial charge in [-0.2, -0.15) is 0 Å². The second kappa shape index (κ2) is 9.86. The predicted octanol–water partition coefficient (Wildman–Crippen LogP) is 3.32. The van der Waals surface area contributed by atoms with Crippen LogP contribution in [-0.4, -0.2) is 48.7 Å². The Bertz CT molecular complexity index is 817. The first-order valence-electron chi connectivity index (χ1n) is 8.99. The highest BCUT2D eigenvalue weighted by atomic mass is 16.6. The van der Waals surface area contributed by atoms with E-state index in [9.17, 15) is 19.2 Å². The van der Waals surface area contributed by atoms with Crippen molar-refractivity contribution in [1.82, 2.24) is 10.6 Å². The molecule has 0 bridgehead atoms. The molecule has 1 rings (SSSR count). The fraction of sp³-hybridized carbons (Fsp3) is 0.450. The number of alkyl carbamates (subject to hydrolysis) is 2. The molecular weight excluding hydrogens is 394 g/mol. The van der Waals surface area contributed by atoms with Gasteiger partial charge in [-0.1, -0.05) is 0 Å². The number of esters is 1. The lowest BCUT2D eigenvalue weighted by Crippen LogP contribution is -2.47. The zero-order valence-corrected chi connectivity index (χ0v) is 18.1. The van der Waals surface area contributed by atoms with Gasteiger partial charge < -0.3 is 14.2 Å². The summed E-state index contributed by atoms with van der Waals surface area (Å²) in [7, 11) is 1.19. The molecule has 1 aromatic rings. The summed E-state index contributed by atoms with van der Waals surface area (Å²) in [5.41, 5.74) is -1.28. The van der Waals surface area contributed by atoms with Gasteiger partial charge >= 0.3 is 18.2 Å². The van der Waals surface area contributed by atoms with E-state index in [-0.39, 0.29) is 22.8 Å². The number of ether oxygens (including phenoxy) is 3. The highest BCUT2D eigenvalue weighted by molar-refractivity contribution is 6.03. The molecule has 164 valence electrons. The second-order valence-corrected chi connectivity index (χ2v) is 8.14. The van der Waals surface area contributed by atoms with Crippen molar-refractivity contribution in [2.24, 2.45) is 4.99 Å². The first kappa shape index (κ1) is 24.6. The maximum absolute atomic E-state index is 12.1.